The average Bonchev–Trinajstić information content (AvgIpc) is 2.83. The number of hydrogen-bond donors (Lipinski definition) is 0. The first-order chi connectivity index (χ1) is 8.93. The molecule has 19 heavy (non-hydrogen) atoms. The monoisotopic (exact) mass is 277 g/mol. The highest BCUT2D eigenvalue weighted by Crippen LogP contribution is 2.37. The van der Waals surface area contributed by atoms with Gasteiger partial charge in [-0.1, -0.05) is 24.8 Å². The Bertz CT molecular complexity index is 774. The highest BCUT2D eigenvalue weighted by Gasteiger charge is 2.35. The number of benzene rings is 1. The van der Waals surface area contributed by atoms with Crippen LogP contribution in [0.3, 0.4) is 0 Å². The van der Waals surface area contributed by atoms with Crippen LogP contribution in [-0.4, -0.2) is 31.4 Å². The minimum Gasteiger partial charge on any atom is -0.320 e. The quantitative estimate of drug-likeness (QED) is 0.840. The Balaban J connectivity index is 2.25. The Kier molecular flexibility index (Phi) is 2.48. The van der Waals surface area contributed by atoms with E-state index in [4.69, 9.17) is 0 Å². The molecule has 1 aromatic heterocycles. The molecule has 3 rings (SSSR count). The molecule has 0 atom stereocenters. The average molecular weight is 277 g/mol. The predicted molar refractivity (Wildman–Crippen MR) is 76.2 cm³/mol. The molecule has 1 aliphatic heterocycles. The van der Waals surface area contributed by atoms with E-state index >= 15 is 0 Å². The highest BCUT2D eigenvalue weighted by atomic mass is 32.2. The van der Waals surface area contributed by atoms with Gasteiger partial charge in [-0.15, -0.1) is 0 Å². The van der Waals surface area contributed by atoms with Crippen molar-refractivity contribution in [3.05, 3.63) is 42.6 Å². The fraction of sp³-hybridized carbons (Fsp3) is 0.231. The number of rotatable bonds is 2. The van der Waals surface area contributed by atoms with E-state index in [1.165, 1.54) is 22.7 Å². The Hall–Kier alpha value is -1.79. The number of hydrogen-bond acceptors (Lipinski definition) is 2. The lowest BCUT2D eigenvalue weighted by molar-refractivity contribution is 0.520. The Labute approximate surface area is 112 Å². The number of aromatic nitrogens is 1. The SMILES string of the molecule is C=C1Cn2c(cc3ccccc32)N1S(=O)(=O)N(C)C. The molecular formula is C13H15N3O2S. The molecular weight excluding hydrogens is 262 g/mol. The summed E-state index contributed by atoms with van der Waals surface area (Å²) in [5, 5.41) is 1.03. The first kappa shape index (κ1) is 12.3. The van der Waals surface area contributed by atoms with Gasteiger partial charge < -0.3 is 4.57 Å². The van der Waals surface area contributed by atoms with Gasteiger partial charge in [-0.3, -0.25) is 0 Å². The van der Waals surface area contributed by atoms with Crippen LogP contribution < -0.4 is 4.31 Å². The van der Waals surface area contributed by atoms with Crippen molar-refractivity contribution in [3.8, 4) is 0 Å². The van der Waals surface area contributed by atoms with Gasteiger partial charge >= 0.3 is 10.2 Å². The smallest absolute Gasteiger partial charge is 0.308 e. The lowest BCUT2D eigenvalue weighted by Gasteiger charge is -2.22. The molecule has 0 radical (unpaired) electrons. The van der Waals surface area contributed by atoms with E-state index in [2.05, 4.69) is 6.58 Å². The van der Waals surface area contributed by atoms with Crippen LogP contribution in [0.2, 0.25) is 0 Å². The number of anilines is 1. The number of nitrogens with zero attached hydrogens (tertiary/aromatic N) is 3. The minimum atomic E-state index is -3.54. The summed E-state index contributed by atoms with van der Waals surface area (Å²) >= 11 is 0. The van der Waals surface area contributed by atoms with Crippen molar-refractivity contribution in [2.75, 3.05) is 18.4 Å². The van der Waals surface area contributed by atoms with Gasteiger partial charge in [0.05, 0.1) is 12.1 Å². The second kappa shape index (κ2) is 3.85. The van der Waals surface area contributed by atoms with E-state index in [1.54, 1.807) is 0 Å². The van der Waals surface area contributed by atoms with Crippen LogP contribution in [0.4, 0.5) is 5.82 Å². The number of allylic oxidation sites excluding steroid dienone is 1. The summed E-state index contributed by atoms with van der Waals surface area (Å²) in [4.78, 5) is 0. The maximum absolute atomic E-state index is 12.4. The third-order valence-electron chi connectivity index (χ3n) is 3.32. The van der Waals surface area contributed by atoms with Crippen molar-refractivity contribution in [3.63, 3.8) is 0 Å². The molecule has 2 aromatic rings. The molecule has 0 bridgehead atoms. The van der Waals surface area contributed by atoms with Gasteiger partial charge in [0, 0.05) is 25.2 Å². The van der Waals surface area contributed by atoms with Gasteiger partial charge in [0.25, 0.3) is 0 Å². The summed E-state index contributed by atoms with van der Waals surface area (Å²) in [6.07, 6.45) is 0. The largest absolute Gasteiger partial charge is 0.320 e. The van der Waals surface area contributed by atoms with Crippen LogP contribution in [0.1, 0.15) is 0 Å². The fourth-order valence-corrected chi connectivity index (χ4v) is 3.48. The lowest BCUT2D eigenvalue weighted by Crippen LogP contribution is -2.37. The molecule has 6 heteroatoms. The molecule has 5 nitrogen and oxygen atoms in total. The van der Waals surface area contributed by atoms with E-state index in [-0.39, 0.29) is 0 Å². The second-order valence-electron chi connectivity index (χ2n) is 4.77. The van der Waals surface area contributed by atoms with Crippen LogP contribution in [0.5, 0.6) is 0 Å². The summed E-state index contributed by atoms with van der Waals surface area (Å²) in [5.41, 5.74) is 1.59. The third kappa shape index (κ3) is 1.60. The standard InChI is InChI=1S/C13H15N3O2S/c1-10-9-15-12-7-5-4-6-11(12)8-13(15)16(10)19(17,18)14(2)3/h4-8H,1,9H2,2-3H3. The van der Waals surface area contributed by atoms with Crippen LogP contribution in [0.15, 0.2) is 42.6 Å². The van der Waals surface area contributed by atoms with Crippen LogP contribution >= 0.6 is 0 Å². The maximum Gasteiger partial charge on any atom is 0.308 e. The zero-order valence-corrected chi connectivity index (χ0v) is 11.7. The van der Waals surface area contributed by atoms with Gasteiger partial charge in [-0.25, -0.2) is 4.31 Å². The fourth-order valence-electron chi connectivity index (χ4n) is 2.38. The summed E-state index contributed by atoms with van der Waals surface area (Å²) in [6, 6.07) is 9.73. The van der Waals surface area contributed by atoms with Gasteiger partial charge in [0.1, 0.15) is 5.82 Å². The number of para-hydroxylation sites is 1. The summed E-state index contributed by atoms with van der Waals surface area (Å²) in [6.45, 7) is 4.37. The zero-order chi connectivity index (χ0) is 13.8. The van der Waals surface area contributed by atoms with Gasteiger partial charge in [0.2, 0.25) is 0 Å². The highest BCUT2D eigenvalue weighted by molar-refractivity contribution is 7.90. The molecule has 100 valence electrons. The van der Waals surface area contributed by atoms with E-state index in [9.17, 15) is 8.42 Å². The van der Waals surface area contributed by atoms with Gasteiger partial charge in [-0.05, 0) is 12.1 Å². The molecule has 0 saturated heterocycles. The van der Waals surface area contributed by atoms with Crippen molar-refractivity contribution in [2.24, 2.45) is 0 Å². The summed E-state index contributed by atoms with van der Waals surface area (Å²) in [5.74, 6) is 0.653. The van der Waals surface area contributed by atoms with Crippen molar-refractivity contribution < 1.29 is 8.42 Å². The topological polar surface area (TPSA) is 45.6 Å². The predicted octanol–water partition coefficient (Wildman–Crippen LogP) is 1.78. The van der Waals surface area contributed by atoms with E-state index in [0.717, 1.165) is 10.9 Å². The molecule has 0 aliphatic carbocycles. The van der Waals surface area contributed by atoms with Crippen molar-refractivity contribution in [2.45, 2.75) is 6.54 Å². The van der Waals surface area contributed by atoms with Crippen molar-refractivity contribution >= 4 is 26.9 Å². The molecule has 0 saturated carbocycles. The second-order valence-corrected chi connectivity index (χ2v) is 6.76. The molecule has 1 aliphatic rings. The maximum atomic E-state index is 12.4. The lowest BCUT2D eigenvalue weighted by atomic mass is 10.2. The Morgan fingerprint density at radius 1 is 1.26 bits per heavy atom. The zero-order valence-electron chi connectivity index (χ0n) is 10.9. The summed E-state index contributed by atoms with van der Waals surface area (Å²) in [7, 11) is -0.497. The third-order valence-corrected chi connectivity index (χ3v) is 5.15. The molecule has 0 spiro atoms. The van der Waals surface area contributed by atoms with Crippen LogP contribution in [0.25, 0.3) is 10.9 Å². The first-order valence-corrected chi connectivity index (χ1v) is 7.31. The minimum absolute atomic E-state index is 0.496. The molecule has 0 N–H and O–H groups in total. The molecule has 0 unspecified atom stereocenters. The molecule has 0 amide bonds. The van der Waals surface area contributed by atoms with E-state index < -0.39 is 10.2 Å². The van der Waals surface area contributed by atoms with E-state index in [1.807, 2.05) is 34.9 Å². The molecule has 2 heterocycles. The van der Waals surface area contributed by atoms with Crippen molar-refractivity contribution in [1.29, 1.82) is 0 Å². The van der Waals surface area contributed by atoms with Gasteiger partial charge in [0.15, 0.2) is 0 Å². The van der Waals surface area contributed by atoms with Crippen molar-refractivity contribution in [1.82, 2.24) is 8.87 Å². The number of fused-ring (bicyclic) bond motifs is 3. The normalized spacial score (nSPS) is 15.5. The van der Waals surface area contributed by atoms with Crippen LogP contribution in [-0.2, 0) is 16.8 Å². The summed E-state index contributed by atoms with van der Waals surface area (Å²) < 4.78 is 29.2. The Morgan fingerprint density at radius 2 is 1.95 bits per heavy atom. The van der Waals surface area contributed by atoms with Crippen LogP contribution in [0, 0.1) is 0 Å². The van der Waals surface area contributed by atoms with E-state index in [0.29, 0.717) is 18.1 Å². The molecule has 0 fully saturated rings. The molecule has 1 aromatic carbocycles. The first-order valence-electron chi connectivity index (χ1n) is 5.92. The Morgan fingerprint density at radius 3 is 2.63 bits per heavy atom. The van der Waals surface area contributed by atoms with Gasteiger partial charge in [-0.2, -0.15) is 12.7 Å².